The fraction of sp³-hybridized carbons (Fsp3) is 1.00. The number of likely N-dealkylation sites (tertiary alicyclic amines) is 1. The lowest BCUT2D eigenvalue weighted by molar-refractivity contribution is 0.0147. The van der Waals surface area contributed by atoms with Gasteiger partial charge in [-0.3, -0.25) is 4.90 Å². The predicted molar refractivity (Wildman–Crippen MR) is 80.2 cm³/mol. The lowest BCUT2D eigenvalue weighted by Gasteiger charge is -2.42. The van der Waals surface area contributed by atoms with Crippen molar-refractivity contribution in [2.24, 2.45) is 17.1 Å². The van der Waals surface area contributed by atoms with E-state index in [2.05, 4.69) is 32.6 Å². The summed E-state index contributed by atoms with van der Waals surface area (Å²) in [5, 5.41) is 0. The van der Waals surface area contributed by atoms with Gasteiger partial charge in [0.25, 0.3) is 0 Å². The van der Waals surface area contributed by atoms with Crippen LogP contribution < -0.4 is 5.73 Å². The summed E-state index contributed by atoms with van der Waals surface area (Å²) in [6, 6.07) is 0. The highest BCUT2D eigenvalue weighted by Gasteiger charge is 2.45. The first kappa shape index (κ1) is 15.3. The molecular weight excluding hydrogens is 236 g/mol. The molecule has 3 nitrogen and oxygen atoms in total. The molecule has 2 saturated heterocycles. The van der Waals surface area contributed by atoms with E-state index >= 15 is 0 Å². The van der Waals surface area contributed by atoms with E-state index in [9.17, 15) is 0 Å². The van der Waals surface area contributed by atoms with Crippen LogP contribution in [0.4, 0.5) is 0 Å². The lowest BCUT2D eigenvalue weighted by Crippen LogP contribution is -2.58. The van der Waals surface area contributed by atoms with E-state index in [0.29, 0.717) is 5.41 Å². The monoisotopic (exact) mass is 268 g/mol. The van der Waals surface area contributed by atoms with Crippen molar-refractivity contribution in [1.29, 1.82) is 0 Å². The third-order valence-electron chi connectivity index (χ3n) is 5.60. The van der Waals surface area contributed by atoms with Crippen LogP contribution in [-0.4, -0.2) is 42.8 Å². The molecule has 0 saturated carbocycles. The van der Waals surface area contributed by atoms with Crippen molar-refractivity contribution in [2.45, 2.75) is 65.0 Å². The second-order valence-corrected chi connectivity index (χ2v) is 7.55. The summed E-state index contributed by atoms with van der Waals surface area (Å²) in [7, 11) is 0. The van der Waals surface area contributed by atoms with Gasteiger partial charge in [-0.2, -0.15) is 0 Å². The Labute approximate surface area is 118 Å². The Morgan fingerprint density at radius 1 is 1.26 bits per heavy atom. The molecule has 3 heteroatoms. The third kappa shape index (κ3) is 2.98. The van der Waals surface area contributed by atoms with Crippen LogP contribution in [0.15, 0.2) is 0 Å². The quantitative estimate of drug-likeness (QED) is 0.837. The van der Waals surface area contributed by atoms with Crippen molar-refractivity contribution in [3.63, 3.8) is 0 Å². The van der Waals surface area contributed by atoms with Crippen LogP contribution in [0.2, 0.25) is 0 Å². The molecule has 2 aliphatic rings. The number of nitrogens with two attached hydrogens (primary N) is 1. The first-order chi connectivity index (χ1) is 8.90. The molecule has 2 N–H and O–H groups in total. The molecule has 3 unspecified atom stereocenters. The highest BCUT2D eigenvalue weighted by atomic mass is 16.5. The minimum atomic E-state index is 0.104. The largest absolute Gasteiger partial charge is 0.376 e. The minimum Gasteiger partial charge on any atom is -0.376 e. The topological polar surface area (TPSA) is 38.5 Å². The Bertz CT molecular complexity index is 300. The molecule has 112 valence electrons. The van der Waals surface area contributed by atoms with E-state index in [4.69, 9.17) is 10.5 Å². The molecule has 2 heterocycles. The Morgan fingerprint density at radius 2 is 2.00 bits per heavy atom. The highest BCUT2D eigenvalue weighted by Crippen LogP contribution is 2.38. The maximum Gasteiger partial charge on any atom is 0.0743 e. The van der Waals surface area contributed by atoms with Gasteiger partial charge in [0, 0.05) is 13.2 Å². The lowest BCUT2D eigenvalue weighted by atomic mass is 9.76. The Kier molecular flexibility index (Phi) is 4.59. The zero-order valence-electron chi connectivity index (χ0n) is 13.2. The summed E-state index contributed by atoms with van der Waals surface area (Å²) in [5.41, 5.74) is 6.68. The van der Waals surface area contributed by atoms with Gasteiger partial charge in [0.05, 0.1) is 11.6 Å². The van der Waals surface area contributed by atoms with Crippen LogP contribution in [0.1, 0.15) is 53.4 Å². The van der Waals surface area contributed by atoms with Gasteiger partial charge in [-0.25, -0.2) is 0 Å². The fourth-order valence-electron chi connectivity index (χ4n) is 3.99. The van der Waals surface area contributed by atoms with Crippen molar-refractivity contribution in [1.82, 2.24) is 4.90 Å². The van der Waals surface area contributed by atoms with Crippen molar-refractivity contribution >= 4 is 0 Å². The van der Waals surface area contributed by atoms with Crippen LogP contribution in [-0.2, 0) is 4.74 Å². The molecule has 0 aromatic carbocycles. The molecular formula is C16H32N2O. The Balaban J connectivity index is 2.06. The first-order valence-corrected chi connectivity index (χ1v) is 7.97. The first-order valence-electron chi connectivity index (χ1n) is 7.97. The van der Waals surface area contributed by atoms with E-state index in [-0.39, 0.29) is 11.6 Å². The molecule has 0 aromatic heterocycles. The van der Waals surface area contributed by atoms with E-state index in [1.165, 1.54) is 32.4 Å². The summed E-state index contributed by atoms with van der Waals surface area (Å²) >= 11 is 0. The van der Waals surface area contributed by atoms with Gasteiger partial charge in [0.15, 0.2) is 0 Å². The van der Waals surface area contributed by atoms with E-state index in [1.807, 2.05) is 0 Å². The molecule has 0 aliphatic carbocycles. The van der Waals surface area contributed by atoms with Gasteiger partial charge in [0.1, 0.15) is 0 Å². The van der Waals surface area contributed by atoms with Gasteiger partial charge in [-0.1, -0.05) is 20.8 Å². The van der Waals surface area contributed by atoms with Gasteiger partial charge in [0.2, 0.25) is 0 Å². The van der Waals surface area contributed by atoms with Crippen LogP contribution in [0.3, 0.4) is 0 Å². The number of rotatable bonds is 2. The summed E-state index contributed by atoms with van der Waals surface area (Å²) in [4.78, 5) is 2.65. The maximum absolute atomic E-state index is 6.14. The number of ether oxygens (including phenoxy) is 1. The average Bonchev–Trinajstić information content (AvgIpc) is 2.58. The Hall–Kier alpha value is -0.120. The molecule has 2 aliphatic heterocycles. The summed E-state index contributed by atoms with van der Waals surface area (Å²) in [5.74, 6) is 0.838. The van der Waals surface area contributed by atoms with Gasteiger partial charge in [-0.15, -0.1) is 0 Å². The molecule has 19 heavy (non-hydrogen) atoms. The minimum absolute atomic E-state index is 0.104. The summed E-state index contributed by atoms with van der Waals surface area (Å²) in [6.07, 6.45) is 5.35. The van der Waals surface area contributed by atoms with Crippen molar-refractivity contribution in [3.05, 3.63) is 0 Å². The van der Waals surface area contributed by atoms with Crippen molar-refractivity contribution in [2.75, 3.05) is 26.2 Å². The third-order valence-corrected chi connectivity index (χ3v) is 5.60. The summed E-state index contributed by atoms with van der Waals surface area (Å²) < 4.78 is 5.83. The predicted octanol–water partition coefficient (Wildman–Crippen LogP) is 2.64. The van der Waals surface area contributed by atoms with Crippen LogP contribution >= 0.6 is 0 Å². The van der Waals surface area contributed by atoms with Gasteiger partial charge in [-0.05, 0) is 57.0 Å². The van der Waals surface area contributed by atoms with Crippen LogP contribution in [0, 0.1) is 11.3 Å². The zero-order valence-corrected chi connectivity index (χ0v) is 13.2. The van der Waals surface area contributed by atoms with Gasteiger partial charge < -0.3 is 10.5 Å². The molecule has 0 amide bonds. The van der Waals surface area contributed by atoms with Crippen LogP contribution in [0.5, 0.6) is 0 Å². The van der Waals surface area contributed by atoms with E-state index in [1.54, 1.807) is 0 Å². The second kappa shape index (κ2) is 5.71. The molecule has 0 spiro atoms. The normalized spacial score (nSPS) is 38.4. The smallest absolute Gasteiger partial charge is 0.0743 e. The van der Waals surface area contributed by atoms with Crippen molar-refractivity contribution < 1.29 is 4.74 Å². The standard InChI is InChI=1S/C16H32N2O/c1-13-16(12-17,8-11-19-13)18-9-5-6-14(7-10-18)15(2,3)4/h13-14H,5-12,17H2,1-4H3. The molecule has 0 radical (unpaired) electrons. The molecule has 0 bridgehead atoms. The Morgan fingerprint density at radius 3 is 2.53 bits per heavy atom. The number of hydrogen-bond acceptors (Lipinski definition) is 3. The SMILES string of the molecule is CC1OCCC1(CN)N1CCCC(C(C)(C)C)CC1. The maximum atomic E-state index is 6.14. The van der Waals surface area contributed by atoms with Crippen molar-refractivity contribution in [3.8, 4) is 0 Å². The number of nitrogens with zero attached hydrogens (tertiary/aromatic N) is 1. The highest BCUT2D eigenvalue weighted by molar-refractivity contribution is 5.01. The number of hydrogen-bond donors (Lipinski definition) is 1. The second-order valence-electron chi connectivity index (χ2n) is 7.55. The molecule has 2 rings (SSSR count). The summed E-state index contributed by atoms with van der Waals surface area (Å²) in [6.45, 7) is 13.3. The van der Waals surface area contributed by atoms with Crippen LogP contribution in [0.25, 0.3) is 0 Å². The molecule has 0 aromatic rings. The van der Waals surface area contributed by atoms with E-state index in [0.717, 1.165) is 25.5 Å². The van der Waals surface area contributed by atoms with Gasteiger partial charge >= 0.3 is 0 Å². The van der Waals surface area contributed by atoms with E-state index < -0.39 is 0 Å². The zero-order chi connectivity index (χ0) is 14.1. The molecule has 2 fully saturated rings. The average molecular weight is 268 g/mol. The fourth-order valence-corrected chi connectivity index (χ4v) is 3.99. The molecule has 3 atom stereocenters.